The molecule has 2 aromatic carbocycles. The summed E-state index contributed by atoms with van der Waals surface area (Å²) in [6.07, 6.45) is 0. The molecule has 2 aromatic rings. The summed E-state index contributed by atoms with van der Waals surface area (Å²) >= 11 is 3.27. The number of rotatable bonds is 4. The van der Waals surface area contributed by atoms with Crippen LogP contribution in [0.5, 0.6) is 0 Å². The molecule has 6 heteroatoms. The molecule has 0 aliphatic carbocycles. The minimum atomic E-state index is -0.450. The molecule has 0 unspecified atom stereocenters. The highest BCUT2D eigenvalue weighted by molar-refractivity contribution is 9.10. The molecule has 0 amide bonds. The molecule has 0 saturated carbocycles. The number of hydrogen-bond donors (Lipinski definition) is 1. The lowest BCUT2D eigenvalue weighted by molar-refractivity contribution is -0.384. The van der Waals surface area contributed by atoms with Crippen molar-refractivity contribution in [3.05, 3.63) is 68.4 Å². The van der Waals surface area contributed by atoms with Crippen molar-refractivity contribution in [1.29, 1.82) is 0 Å². The molecule has 0 atom stereocenters. The van der Waals surface area contributed by atoms with Gasteiger partial charge in [0.25, 0.3) is 5.69 Å². The normalized spacial score (nSPS) is 10.2. The van der Waals surface area contributed by atoms with Crippen LogP contribution in [0.25, 0.3) is 0 Å². The van der Waals surface area contributed by atoms with Crippen LogP contribution in [-0.2, 0) is 6.54 Å². The third-order valence-corrected chi connectivity index (χ3v) is 3.22. The predicted octanol–water partition coefficient (Wildman–Crippen LogP) is 4.11. The Morgan fingerprint density at radius 1 is 1.21 bits per heavy atom. The number of nitrogens with one attached hydrogen (secondary N) is 1. The Balaban J connectivity index is 2.07. The van der Waals surface area contributed by atoms with E-state index in [0.29, 0.717) is 11.0 Å². The lowest BCUT2D eigenvalue weighted by Gasteiger charge is -2.08. The highest BCUT2D eigenvalue weighted by Gasteiger charge is 2.08. The van der Waals surface area contributed by atoms with E-state index in [2.05, 4.69) is 21.2 Å². The van der Waals surface area contributed by atoms with Gasteiger partial charge in [-0.3, -0.25) is 10.1 Å². The SMILES string of the molecule is O=[N+]([O-])c1ccc(NCc2ccc(F)cc2)c(Br)c1. The third-order valence-electron chi connectivity index (χ3n) is 2.56. The minimum absolute atomic E-state index is 0.0270. The molecule has 0 aliphatic heterocycles. The number of nitro benzene ring substituents is 1. The molecule has 0 heterocycles. The van der Waals surface area contributed by atoms with Crippen LogP contribution in [0, 0.1) is 15.9 Å². The Morgan fingerprint density at radius 3 is 2.47 bits per heavy atom. The van der Waals surface area contributed by atoms with Crippen molar-refractivity contribution < 1.29 is 9.31 Å². The summed E-state index contributed by atoms with van der Waals surface area (Å²) in [6.45, 7) is 0.511. The van der Waals surface area contributed by atoms with Crippen LogP contribution in [0.1, 0.15) is 5.56 Å². The average Bonchev–Trinajstić information content (AvgIpc) is 2.39. The first kappa shape index (κ1) is 13.5. The van der Waals surface area contributed by atoms with Gasteiger partial charge in [0.1, 0.15) is 5.82 Å². The first-order valence-corrected chi connectivity index (χ1v) is 6.28. The molecule has 98 valence electrons. The second-order valence-corrected chi connectivity index (χ2v) is 4.76. The van der Waals surface area contributed by atoms with E-state index in [0.717, 1.165) is 11.3 Å². The van der Waals surface area contributed by atoms with E-state index in [1.165, 1.54) is 24.3 Å². The molecule has 0 fully saturated rings. The van der Waals surface area contributed by atoms with Crippen LogP contribution in [0.2, 0.25) is 0 Å². The molecular formula is C13H10BrFN2O2. The Hall–Kier alpha value is -1.95. The summed E-state index contributed by atoms with van der Waals surface area (Å²) in [5, 5.41) is 13.7. The van der Waals surface area contributed by atoms with E-state index in [1.54, 1.807) is 18.2 Å². The summed E-state index contributed by atoms with van der Waals surface area (Å²) in [5.74, 6) is -0.278. The zero-order chi connectivity index (χ0) is 13.8. The smallest absolute Gasteiger partial charge is 0.270 e. The van der Waals surface area contributed by atoms with Gasteiger partial charge < -0.3 is 5.32 Å². The first-order valence-electron chi connectivity index (χ1n) is 5.48. The highest BCUT2D eigenvalue weighted by atomic mass is 79.9. The number of anilines is 1. The Bertz CT molecular complexity index is 602. The molecule has 0 saturated heterocycles. The van der Waals surface area contributed by atoms with Crippen molar-refractivity contribution in [3.63, 3.8) is 0 Å². The topological polar surface area (TPSA) is 55.2 Å². The van der Waals surface area contributed by atoms with Gasteiger partial charge in [-0.1, -0.05) is 12.1 Å². The van der Waals surface area contributed by atoms with Crippen molar-refractivity contribution in [2.24, 2.45) is 0 Å². The predicted molar refractivity (Wildman–Crippen MR) is 74.5 cm³/mol. The van der Waals surface area contributed by atoms with Crippen LogP contribution in [0.15, 0.2) is 46.9 Å². The van der Waals surface area contributed by atoms with E-state index >= 15 is 0 Å². The lowest BCUT2D eigenvalue weighted by Crippen LogP contribution is -2.00. The fraction of sp³-hybridized carbons (Fsp3) is 0.0769. The van der Waals surface area contributed by atoms with Crippen LogP contribution in [0.4, 0.5) is 15.8 Å². The average molecular weight is 325 g/mol. The quantitative estimate of drug-likeness (QED) is 0.680. The molecule has 0 aromatic heterocycles. The standard InChI is InChI=1S/C13H10BrFN2O2/c14-12-7-11(17(18)19)5-6-13(12)16-8-9-1-3-10(15)4-2-9/h1-7,16H,8H2. The second-order valence-electron chi connectivity index (χ2n) is 3.90. The van der Waals surface area contributed by atoms with Crippen molar-refractivity contribution >= 4 is 27.3 Å². The van der Waals surface area contributed by atoms with E-state index in [9.17, 15) is 14.5 Å². The summed E-state index contributed by atoms with van der Waals surface area (Å²) in [5.41, 5.74) is 1.70. The van der Waals surface area contributed by atoms with Crippen molar-refractivity contribution in [2.75, 3.05) is 5.32 Å². The maximum absolute atomic E-state index is 12.7. The summed E-state index contributed by atoms with van der Waals surface area (Å²) in [7, 11) is 0. The molecule has 2 rings (SSSR count). The number of benzene rings is 2. The largest absolute Gasteiger partial charge is 0.380 e. The van der Waals surface area contributed by atoms with Gasteiger partial charge in [0.2, 0.25) is 0 Å². The Morgan fingerprint density at radius 2 is 1.89 bits per heavy atom. The van der Waals surface area contributed by atoms with Crippen LogP contribution < -0.4 is 5.32 Å². The first-order chi connectivity index (χ1) is 9.06. The fourth-order valence-electron chi connectivity index (χ4n) is 1.56. The molecule has 0 aliphatic rings. The Kier molecular flexibility index (Phi) is 4.11. The van der Waals surface area contributed by atoms with E-state index in [1.807, 2.05) is 0 Å². The second kappa shape index (κ2) is 5.79. The van der Waals surface area contributed by atoms with Gasteiger partial charge in [-0.25, -0.2) is 4.39 Å². The van der Waals surface area contributed by atoms with Gasteiger partial charge in [0.05, 0.1) is 4.92 Å². The molecule has 0 radical (unpaired) electrons. The van der Waals surface area contributed by atoms with Gasteiger partial charge in [-0.2, -0.15) is 0 Å². The number of nitrogens with zero attached hydrogens (tertiary/aromatic N) is 1. The van der Waals surface area contributed by atoms with Crippen molar-refractivity contribution in [2.45, 2.75) is 6.54 Å². The summed E-state index contributed by atoms with van der Waals surface area (Å²) < 4.78 is 13.4. The van der Waals surface area contributed by atoms with Crippen LogP contribution >= 0.6 is 15.9 Å². The van der Waals surface area contributed by atoms with Gasteiger partial charge in [0, 0.05) is 28.8 Å². The molecular weight excluding hydrogens is 315 g/mol. The van der Waals surface area contributed by atoms with E-state index < -0.39 is 4.92 Å². The lowest BCUT2D eigenvalue weighted by atomic mass is 10.2. The minimum Gasteiger partial charge on any atom is -0.380 e. The van der Waals surface area contributed by atoms with Crippen LogP contribution in [0.3, 0.4) is 0 Å². The van der Waals surface area contributed by atoms with Crippen molar-refractivity contribution in [3.8, 4) is 0 Å². The zero-order valence-corrected chi connectivity index (χ0v) is 11.4. The highest BCUT2D eigenvalue weighted by Crippen LogP contribution is 2.27. The van der Waals surface area contributed by atoms with E-state index in [4.69, 9.17) is 0 Å². The van der Waals surface area contributed by atoms with Gasteiger partial charge >= 0.3 is 0 Å². The van der Waals surface area contributed by atoms with E-state index in [-0.39, 0.29) is 11.5 Å². The van der Waals surface area contributed by atoms with Crippen molar-refractivity contribution in [1.82, 2.24) is 0 Å². The monoisotopic (exact) mass is 324 g/mol. The molecule has 4 nitrogen and oxygen atoms in total. The number of hydrogen-bond acceptors (Lipinski definition) is 3. The van der Waals surface area contributed by atoms with Crippen LogP contribution in [-0.4, -0.2) is 4.92 Å². The molecule has 0 bridgehead atoms. The van der Waals surface area contributed by atoms with Gasteiger partial charge in [-0.05, 0) is 39.7 Å². The summed E-state index contributed by atoms with van der Waals surface area (Å²) in [4.78, 5) is 10.2. The maximum atomic E-state index is 12.7. The molecule has 19 heavy (non-hydrogen) atoms. The number of nitro groups is 1. The maximum Gasteiger partial charge on any atom is 0.270 e. The van der Waals surface area contributed by atoms with Gasteiger partial charge in [0.15, 0.2) is 0 Å². The number of halogens is 2. The van der Waals surface area contributed by atoms with Gasteiger partial charge in [-0.15, -0.1) is 0 Å². The third kappa shape index (κ3) is 3.51. The fourth-order valence-corrected chi connectivity index (χ4v) is 2.07. The molecule has 0 spiro atoms. The number of non-ortho nitro benzene ring substituents is 1. The zero-order valence-electron chi connectivity index (χ0n) is 9.77. The Labute approximate surface area is 117 Å². The molecule has 1 N–H and O–H groups in total. The summed E-state index contributed by atoms with van der Waals surface area (Å²) in [6, 6.07) is 10.6.